The van der Waals surface area contributed by atoms with Crippen molar-refractivity contribution in [2.75, 3.05) is 19.6 Å². The molecule has 268 valence electrons. The minimum absolute atomic E-state index is 0.00157. The number of rotatable bonds is 6. The van der Waals surface area contributed by atoms with Crippen molar-refractivity contribution in [2.45, 2.75) is 51.1 Å². The highest BCUT2D eigenvalue weighted by molar-refractivity contribution is 6.30. The molecule has 15 heteroatoms. The van der Waals surface area contributed by atoms with Gasteiger partial charge in [-0.25, -0.2) is 13.2 Å². The largest absolute Gasteiger partial charge is 0.481 e. The van der Waals surface area contributed by atoms with Gasteiger partial charge in [-0.1, -0.05) is 11.6 Å². The Hall–Kier alpha value is -4.82. The van der Waals surface area contributed by atoms with E-state index in [1.807, 2.05) is 0 Å². The minimum atomic E-state index is -4.95. The Morgan fingerprint density at radius 1 is 1.06 bits per heavy atom. The summed E-state index contributed by atoms with van der Waals surface area (Å²) < 4.78 is 93.9. The van der Waals surface area contributed by atoms with Crippen LogP contribution in [0.25, 0.3) is 11.1 Å². The zero-order valence-electron chi connectivity index (χ0n) is 27.1. The summed E-state index contributed by atoms with van der Waals surface area (Å²) in [5.74, 6) is -3.92. The van der Waals surface area contributed by atoms with Crippen molar-refractivity contribution in [1.29, 1.82) is 0 Å². The van der Waals surface area contributed by atoms with Gasteiger partial charge in [-0.15, -0.1) is 0 Å². The number of aliphatic carboxylic acids is 1. The van der Waals surface area contributed by atoms with E-state index in [0.29, 0.717) is 6.07 Å². The third-order valence-electron chi connectivity index (χ3n) is 9.04. The van der Waals surface area contributed by atoms with Gasteiger partial charge in [0.1, 0.15) is 35.3 Å². The average Bonchev–Trinajstić information content (AvgIpc) is 3.02. The first-order valence-electron chi connectivity index (χ1n) is 15.8. The highest BCUT2D eigenvalue weighted by atomic mass is 35.5. The van der Waals surface area contributed by atoms with E-state index in [1.165, 1.54) is 50.2 Å². The van der Waals surface area contributed by atoms with Crippen LogP contribution in [0.1, 0.15) is 51.9 Å². The number of hydrogen-bond acceptors (Lipinski definition) is 5. The molecule has 2 atom stereocenters. The number of nitrogens with zero attached hydrogens (tertiary/aromatic N) is 2. The number of carboxylic acid groups (broad SMARTS) is 1. The van der Waals surface area contributed by atoms with Crippen LogP contribution in [0.2, 0.25) is 5.02 Å². The molecule has 0 radical (unpaired) electrons. The number of carbonyl (C=O) groups is 2. The van der Waals surface area contributed by atoms with Gasteiger partial charge in [0.05, 0.1) is 18.0 Å². The third-order valence-corrected chi connectivity index (χ3v) is 9.26. The average molecular weight is 734 g/mol. The molecule has 51 heavy (non-hydrogen) atoms. The first-order chi connectivity index (χ1) is 24.0. The predicted molar refractivity (Wildman–Crippen MR) is 175 cm³/mol. The van der Waals surface area contributed by atoms with E-state index in [2.05, 4.69) is 5.32 Å². The summed E-state index contributed by atoms with van der Waals surface area (Å²) in [4.78, 5) is 41.6. The van der Waals surface area contributed by atoms with Gasteiger partial charge in [0.15, 0.2) is 0 Å². The molecule has 6 rings (SSSR count). The lowest BCUT2D eigenvalue weighted by Gasteiger charge is -2.34. The van der Waals surface area contributed by atoms with Gasteiger partial charge in [-0.05, 0) is 90.6 Å². The molecule has 3 aromatic carbocycles. The monoisotopic (exact) mass is 733 g/mol. The molecular formula is C36H30ClF6N3O5. The number of ether oxygens (including phenoxy) is 1. The van der Waals surface area contributed by atoms with Crippen molar-refractivity contribution in [1.82, 2.24) is 14.8 Å². The maximum atomic E-state index is 15.9. The molecule has 3 heterocycles. The van der Waals surface area contributed by atoms with Crippen LogP contribution >= 0.6 is 11.6 Å². The van der Waals surface area contributed by atoms with Crippen LogP contribution in [-0.4, -0.2) is 52.3 Å². The molecule has 8 nitrogen and oxygen atoms in total. The highest BCUT2D eigenvalue weighted by Gasteiger charge is 2.37. The summed E-state index contributed by atoms with van der Waals surface area (Å²) in [6, 6.07) is 6.10. The molecule has 4 aromatic rings. The molecule has 2 aliphatic heterocycles. The molecule has 1 aromatic heterocycles. The number of amides is 1. The van der Waals surface area contributed by atoms with Crippen LogP contribution in [0.4, 0.5) is 26.3 Å². The van der Waals surface area contributed by atoms with Crippen LogP contribution in [0.3, 0.4) is 0 Å². The summed E-state index contributed by atoms with van der Waals surface area (Å²) >= 11 is 6.47. The second-order valence-electron chi connectivity index (χ2n) is 12.7. The molecule has 0 saturated carbocycles. The molecular weight excluding hydrogens is 704 g/mol. The molecule has 1 saturated heterocycles. The number of nitrogens with one attached hydrogen (secondary N) is 1. The summed E-state index contributed by atoms with van der Waals surface area (Å²) in [5.41, 5.74) is -2.59. The van der Waals surface area contributed by atoms with Gasteiger partial charge in [-0.2, -0.15) is 13.2 Å². The van der Waals surface area contributed by atoms with E-state index < -0.39 is 65.5 Å². The number of carbonyl (C=O) groups excluding carboxylic acids is 1. The van der Waals surface area contributed by atoms with Gasteiger partial charge < -0.3 is 15.2 Å². The smallest absolute Gasteiger partial charge is 0.416 e. The Balaban J connectivity index is 1.59. The van der Waals surface area contributed by atoms with E-state index in [1.54, 1.807) is 4.90 Å². The van der Waals surface area contributed by atoms with E-state index in [9.17, 15) is 41.4 Å². The Bertz CT molecular complexity index is 2110. The Kier molecular flexibility index (Phi) is 9.68. The first-order valence-corrected chi connectivity index (χ1v) is 16.2. The molecule has 0 unspecified atom stereocenters. The summed E-state index contributed by atoms with van der Waals surface area (Å²) in [6.07, 6.45) is -6.27. The fourth-order valence-corrected chi connectivity index (χ4v) is 6.79. The van der Waals surface area contributed by atoms with Crippen molar-refractivity contribution < 1.29 is 45.8 Å². The highest BCUT2D eigenvalue weighted by Crippen LogP contribution is 2.42. The lowest BCUT2D eigenvalue weighted by Crippen LogP contribution is -2.49. The molecule has 2 aliphatic rings. The summed E-state index contributed by atoms with van der Waals surface area (Å²) in [6.45, 7) is 2.97. The number of carboxylic acids is 1. The second-order valence-corrected chi connectivity index (χ2v) is 13.1. The first kappa shape index (κ1) is 36.0. The zero-order valence-corrected chi connectivity index (χ0v) is 27.8. The zero-order chi connectivity index (χ0) is 36.9. The molecule has 1 amide bonds. The van der Waals surface area contributed by atoms with E-state index >= 15 is 4.39 Å². The minimum Gasteiger partial charge on any atom is -0.481 e. The molecule has 1 fully saturated rings. The van der Waals surface area contributed by atoms with Crippen LogP contribution in [0.5, 0.6) is 11.5 Å². The number of fused-ring (bicyclic) bond motifs is 6. The normalized spacial score (nSPS) is 18.0. The van der Waals surface area contributed by atoms with Crippen molar-refractivity contribution in [3.8, 4) is 22.6 Å². The van der Waals surface area contributed by atoms with Crippen molar-refractivity contribution in [2.24, 2.45) is 0 Å². The third kappa shape index (κ3) is 7.33. The van der Waals surface area contributed by atoms with Crippen LogP contribution in [0, 0.1) is 25.5 Å². The number of benzene rings is 3. The number of pyridine rings is 1. The van der Waals surface area contributed by atoms with Crippen LogP contribution in [0.15, 0.2) is 59.5 Å². The molecule has 0 aliphatic carbocycles. The van der Waals surface area contributed by atoms with E-state index in [4.69, 9.17) is 16.3 Å². The molecule has 0 spiro atoms. The lowest BCUT2D eigenvalue weighted by atomic mass is 9.92. The summed E-state index contributed by atoms with van der Waals surface area (Å²) in [7, 11) is 0. The number of likely N-dealkylation sites (tertiary alicyclic amines) is 1. The Morgan fingerprint density at radius 3 is 2.45 bits per heavy atom. The van der Waals surface area contributed by atoms with Gasteiger partial charge in [-0.3, -0.25) is 23.9 Å². The number of hydrogen-bond donors (Lipinski definition) is 2. The maximum Gasteiger partial charge on any atom is 0.416 e. The number of alkyl halides is 4. The van der Waals surface area contributed by atoms with Crippen molar-refractivity contribution in [3.63, 3.8) is 0 Å². The standard InChI is InChI=1S/C36H30ClF6N3O5/c1-17-7-20-10-25(33(17)40)28(13-31(48)49)44-35(50)34(21-8-22(37)11-24(9-21)51-29-4-3-27(39)18(2)32(20)29)46-14-19(5-6-45-15-23(38)16-45)26(12-30(46)47)36(41,42)43/h3-4,7-12,14,23,28,34H,5-6,13,15-16H2,1-2H3,(H,44,50)(H,48,49)/t28-,34+/m1/s1. The van der Waals surface area contributed by atoms with Gasteiger partial charge >= 0.3 is 12.1 Å². The number of aryl methyl sites for hydroxylation is 1. The summed E-state index contributed by atoms with van der Waals surface area (Å²) in [5, 5.41) is 12.3. The fraction of sp³-hybridized carbons (Fsp3) is 0.306. The number of aromatic nitrogens is 1. The topological polar surface area (TPSA) is 101 Å². The van der Waals surface area contributed by atoms with Crippen LogP contribution in [-0.2, 0) is 22.2 Å². The van der Waals surface area contributed by atoms with Gasteiger partial charge in [0.2, 0.25) is 5.91 Å². The van der Waals surface area contributed by atoms with E-state index in [0.717, 1.165) is 16.8 Å². The van der Waals surface area contributed by atoms with Crippen LogP contribution < -0.4 is 15.6 Å². The SMILES string of the molecule is Cc1cc2cc(c1F)[C@@H](CC(=O)O)NC(=O)[C@@H](n1cc(CCN3CC(F)C3)c(C(F)(F)F)cc1=O)c1cc(Cl)cc(c1)Oc1ccc(F)c(C)c1-2. The lowest BCUT2D eigenvalue weighted by molar-refractivity contribution is -0.139. The number of halogens is 7. The van der Waals surface area contributed by atoms with Gasteiger partial charge in [0, 0.05) is 48.0 Å². The Morgan fingerprint density at radius 2 is 1.78 bits per heavy atom. The van der Waals surface area contributed by atoms with Crippen molar-refractivity contribution >= 4 is 23.5 Å². The van der Waals surface area contributed by atoms with E-state index in [-0.39, 0.29) is 81.5 Å². The predicted octanol–water partition coefficient (Wildman–Crippen LogP) is 7.31. The van der Waals surface area contributed by atoms with Crippen molar-refractivity contribution in [3.05, 3.63) is 115 Å². The second kappa shape index (κ2) is 13.7. The Labute approximate surface area is 292 Å². The maximum absolute atomic E-state index is 15.9. The molecule has 2 N–H and O–H groups in total. The molecule has 4 bridgehead atoms. The fourth-order valence-electron chi connectivity index (χ4n) is 6.56. The quantitative estimate of drug-likeness (QED) is 0.202. The van der Waals surface area contributed by atoms with Gasteiger partial charge in [0.25, 0.3) is 5.56 Å².